The molecule has 5 heteroatoms. The number of methoxy groups -OCH3 is 1. The molecule has 0 fully saturated rings. The van der Waals surface area contributed by atoms with Crippen molar-refractivity contribution in [3.63, 3.8) is 0 Å². The van der Waals surface area contributed by atoms with Gasteiger partial charge in [-0.2, -0.15) is 0 Å². The van der Waals surface area contributed by atoms with Crippen LogP contribution in [0.4, 0.5) is 10.1 Å². The van der Waals surface area contributed by atoms with Crippen molar-refractivity contribution in [3.8, 4) is 17.2 Å². The summed E-state index contributed by atoms with van der Waals surface area (Å²) >= 11 is 0. The molecule has 0 aliphatic heterocycles. The van der Waals surface area contributed by atoms with Crippen LogP contribution in [-0.4, -0.2) is 12.2 Å². The number of halogens is 1. The molecule has 0 amide bonds. The molecule has 0 unspecified atom stereocenters. The molecule has 2 rings (SSSR count). The maximum Gasteiger partial charge on any atom is 0.169 e. The summed E-state index contributed by atoms with van der Waals surface area (Å²) in [4.78, 5) is 0. The summed E-state index contributed by atoms with van der Waals surface area (Å²) < 4.78 is 24.2. The highest BCUT2D eigenvalue weighted by molar-refractivity contribution is 5.48. The third-order valence-electron chi connectivity index (χ3n) is 2.59. The second-order valence-corrected chi connectivity index (χ2v) is 3.94. The van der Waals surface area contributed by atoms with Gasteiger partial charge in [-0.25, -0.2) is 4.39 Å². The van der Waals surface area contributed by atoms with Crippen LogP contribution in [0, 0.1) is 5.82 Å². The summed E-state index contributed by atoms with van der Waals surface area (Å²) in [6, 6.07) is 9.10. The number of aliphatic hydroxyl groups is 1. The Bertz CT molecular complexity index is 587. The summed E-state index contributed by atoms with van der Waals surface area (Å²) in [5.41, 5.74) is 6.48. The Morgan fingerprint density at radius 3 is 2.47 bits per heavy atom. The lowest BCUT2D eigenvalue weighted by atomic mass is 10.2. The van der Waals surface area contributed by atoms with Crippen LogP contribution in [0.3, 0.4) is 0 Å². The normalized spacial score (nSPS) is 10.3. The molecule has 100 valence electrons. The monoisotopic (exact) mass is 263 g/mol. The third kappa shape index (κ3) is 2.95. The van der Waals surface area contributed by atoms with E-state index in [1.165, 1.54) is 19.2 Å². The van der Waals surface area contributed by atoms with Crippen LogP contribution in [0.2, 0.25) is 0 Å². The molecule has 0 aliphatic rings. The van der Waals surface area contributed by atoms with Gasteiger partial charge in [0.25, 0.3) is 0 Å². The molecule has 2 aromatic carbocycles. The number of nitrogen functional groups attached to an aromatic ring is 1. The summed E-state index contributed by atoms with van der Waals surface area (Å²) in [6.45, 7) is -0.104. The average molecular weight is 263 g/mol. The SMILES string of the molecule is COc1cc(CO)ccc1Oc1ccc(N)cc1F. The fraction of sp³-hybridized carbons (Fsp3) is 0.143. The molecule has 0 heterocycles. The lowest BCUT2D eigenvalue weighted by Crippen LogP contribution is -1.95. The fourth-order valence-electron chi connectivity index (χ4n) is 1.61. The second kappa shape index (κ2) is 5.58. The van der Waals surface area contributed by atoms with E-state index in [1.54, 1.807) is 24.3 Å². The predicted molar refractivity (Wildman–Crippen MR) is 69.8 cm³/mol. The van der Waals surface area contributed by atoms with E-state index in [0.29, 0.717) is 22.7 Å². The number of rotatable bonds is 4. The minimum atomic E-state index is -0.548. The van der Waals surface area contributed by atoms with Gasteiger partial charge in [0.2, 0.25) is 0 Å². The van der Waals surface area contributed by atoms with Gasteiger partial charge in [0.05, 0.1) is 13.7 Å². The largest absolute Gasteiger partial charge is 0.493 e. The van der Waals surface area contributed by atoms with Crippen LogP contribution in [0.25, 0.3) is 0 Å². The Morgan fingerprint density at radius 2 is 1.84 bits per heavy atom. The maximum absolute atomic E-state index is 13.6. The number of hydrogen-bond donors (Lipinski definition) is 2. The Hall–Kier alpha value is -2.27. The molecule has 3 N–H and O–H groups in total. The van der Waals surface area contributed by atoms with Crippen molar-refractivity contribution in [2.45, 2.75) is 6.61 Å². The molecule has 0 aromatic heterocycles. The number of ether oxygens (including phenoxy) is 2. The van der Waals surface area contributed by atoms with E-state index in [-0.39, 0.29) is 12.4 Å². The van der Waals surface area contributed by atoms with Crippen LogP contribution < -0.4 is 15.2 Å². The molecule has 0 saturated carbocycles. The van der Waals surface area contributed by atoms with Gasteiger partial charge in [0.1, 0.15) is 0 Å². The van der Waals surface area contributed by atoms with Crippen molar-refractivity contribution in [1.29, 1.82) is 0 Å². The summed E-state index contributed by atoms with van der Waals surface area (Å²) in [7, 11) is 1.47. The average Bonchev–Trinajstić information content (AvgIpc) is 2.42. The van der Waals surface area contributed by atoms with E-state index in [2.05, 4.69) is 0 Å². The molecular weight excluding hydrogens is 249 g/mol. The van der Waals surface area contributed by atoms with Crippen LogP contribution in [-0.2, 0) is 6.61 Å². The Labute approximate surface area is 110 Å². The van der Waals surface area contributed by atoms with Gasteiger partial charge in [-0.3, -0.25) is 0 Å². The van der Waals surface area contributed by atoms with Gasteiger partial charge in [0, 0.05) is 11.8 Å². The van der Waals surface area contributed by atoms with E-state index in [4.69, 9.17) is 20.3 Å². The number of anilines is 1. The van der Waals surface area contributed by atoms with E-state index in [1.807, 2.05) is 0 Å². The van der Waals surface area contributed by atoms with Gasteiger partial charge in [-0.1, -0.05) is 6.07 Å². The lowest BCUT2D eigenvalue weighted by Gasteiger charge is -2.12. The highest BCUT2D eigenvalue weighted by Crippen LogP contribution is 2.33. The molecule has 0 saturated heterocycles. The zero-order valence-corrected chi connectivity index (χ0v) is 10.4. The predicted octanol–water partition coefficient (Wildman–Crippen LogP) is 2.70. The first kappa shape index (κ1) is 13.2. The number of aliphatic hydroxyl groups excluding tert-OH is 1. The van der Waals surface area contributed by atoms with Crippen LogP contribution in [0.15, 0.2) is 36.4 Å². The minimum absolute atomic E-state index is 0.0595. The van der Waals surface area contributed by atoms with Crippen molar-refractivity contribution in [1.82, 2.24) is 0 Å². The highest BCUT2D eigenvalue weighted by atomic mass is 19.1. The molecule has 4 nitrogen and oxygen atoms in total. The first-order valence-corrected chi connectivity index (χ1v) is 5.64. The van der Waals surface area contributed by atoms with Crippen molar-refractivity contribution in [2.75, 3.05) is 12.8 Å². The Kier molecular flexibility index (Phi) is 3.87. The third-order valence-corrected chi connectivity index (χ3v) is 2.59. The van der Waals surface area contributed by atoms with Gasteiger partial charge < -0.3 is 20.3 Å². The lowest BCUT2D eigenvalue weighted by molar-refractivity contribution is 0.280. The van der Waals surface area contributed by atoms with Crippen molar-refractivity contribution in [2.24, 2.45) is 0 Å². The van der Waals surface area contributed by atoms with Gasteiger partial charge in [0.15, 0.2) is 23.1 Å². The molecular formula is C14H14FNO3. The van der Waals surface area contributed by atoms with Crippen LogP contribution in [0.5, 0.6) is 17.2 Å². The van der Waals surface area contributed by atoms with E-state index < -0.39 is 5.82 Å². The summed E-state index contributed by atoms with van der Waals surface area (Å²) in [5.74, 6) is 0.295. The zero-order valence-electron chi connectivity index (χ0n) is 10.4. The van der Waals surface area contributed by atoms with E-state index >= 15 is 0 Å². The summed E-state index contributed by atoms with van der Waals surface area (Å²) in [5, 5.41) is 9.04. The van der Waals surface area contributed by atoms with Crippen molar-refractivity contribution < 1.29 is 19.0 Å². The molecule has 2 aromatic rings. The molecule has 0 aliphatic carbocycles. The second-order valence-electron chi connectivity index (χ2n) is 3.94. The zero-order chi connectivity index (χ0) is 13.8. The standard InChI is InChI=1S/C14H14FNO3/c1-18-14-6-9(8-17)2-4-13(14)19-12-5-3-10(16)7-11(12)15/h2-7,17H,8,16H2,1H3. The summed E-state index contributed by atoms with van der Waals surface area (Å²) in [6.07, 6.45) is 0. The van der Waals surface area contributed by atoms with Gasteiger partial charge in [-0.15, -0.1) is 0 Å². The molecule has 0 spiro atoms. The van der Waals surface area contributed by atoms with Crippen molar-refractivity contribution >= 4 is 5.69 Å². The maximum atomic E-state index is 13.6. The number of hydrogen-bond acceptors (Lipinski definition) is 4. The highest BCUT2D eigenvalue weighted by Gasteiger charge is 2.10. The number of nitrogens with two attached hydrogens (primary N) is 1. The Morgan fingerprint density at radius 1 is 1.11 bits per heavy atom. The number of benzene rings is 2. The first-order valence-electron chi connectivity index (χ1n) is 5.64. The van der Waals surface area contributed by atoms with Gasteiger partial charge in [-0.05, 0) is 29.8 Å². The fourth-order valence-corrected chi connectivity index (χ4v) is 1.61. The van der Waals surface area contributed by atoms with E-state index in [9.17, 15) is 4.39 Å². The molecule has 0 radical (unpaired) electrons. The quantitative estimate of drug-likeness (QED) is 0.832. The van der Waals surface area contributed by atoms with Crippen molar-refractivity contribution in [3.05, 3.63) is 47.8 Å². The smallest absolute Gasteiger partial charge is 0.169 e. The topological polar surface area (TPSA) is 64.7 Å². The van der Waals surface area contributed by atoms with Crippen LogP contribution >= 0.6 is 0 Å². The van der Waals surface area contributed by atoms with Crippen LogP contribution in [0.1, 0.15) is 5.56 Å². The van der Waals surface area contributed by atoms with Gasteiger partial charge >= 0.3 is 0 Å². The molecule has 0 bridgehead atoms. The van der Waals surface area contributed by atoms with E-state index in [0.717, 1.165) is 0 Å². The molecule has 19 heavy (non-hydrogen) atoms. The minimum Gasteiger partial charge on any atom is -0.493 e. The molecule has 0 atom stereocenters. The Balaban J connectivity index is 2.32. The first-order chi connectivity index (χ1) is 9.13.